The molecule has 0 N–H and O–H groups in total. The molecule has 2 aliphatic rings. The lowest BCUT2D eigenvalue weighted by atomic mass is 9.96. The third-order valence-electron chi connectivity index (χ3n) is 5.42. The summed E-state index contributed by atoms with van der Waals surface area (Å²) in [6, 6.07) is 16.5. The van der Waals surface area contributed by atoms with Crippen LogP contribution in [0.25, 0.3) is 21.8 Å². The highest BCUT2D eigenvalue weighted by Gasteiger charge is 2.33. The molecule has 5 heteroatoms. The number of amides is 1. The Labute approximate surface area is 162 Å². The van der Waals surface area contributed by atoms with Gasteiger partial charge in [-0.2, -0.15) is 0 Å². The zero-order valence-electron chi connectivity index (χ0n) is 15.1. The molecule has 0 unspecified atom stereocenters. The molecule has 27 heavy (non-hydrogen) atoms. The van der Waals surface area contributed by atoms with Crippen molar-refractivity contribution in [2.75, 3.05) is 10.7 Å². The lowest BCUT2D eigenvalue weighted by molar-refractivity contribution is -0.115. The first kappa shape index (κ1) is 16.8. The number of para-hydroxylation sites is 2. The molecular formula is C22H21N3OS. The second-order valence-electron chi connectivity index (χ2n) is 7.22. The maximum Gasteiger partial charge on any atom is 0.243 e. The van der Waals surface area contributed by atoms with Gasteiger partial charge in [-0.25, -0.2) is 4.98 Å². The molecule has 1 aliphatic carbocycles. The summed E-state index contributed by atoms with van der Waals surface area (Å²) in [6.45, 7) is 0. The fourth-order valence-corrected chi connectivity index (χ4v) is 5.03. The molecule has 136 valence electrons. The third kappa shape index (κ3) is 3.00. The van der Waals surface area contributed by atoms with Crippen LogP contribution in [0.5, 0.6) is 0 Å². The fourth-order valence-electron chi connectivity index (χ4n) is 4.10. The summed E-state index contributed by atoms with van der Waals surface area (Å²) in [4.78, 5) is 24.6. The van der Waals surface area contributed by atoms with Gasteiger partial charge in [0.05, 0.1) is 28.5 Å². The molecule has 2 aromatic carbocycles. The summed E-state index contributed by atoms with van der Waals surface area (Å²) in [5, 5.41) is 2.86. The Bertz CT molecular complexity index is 1000. The molecule has 2 fully saturated rings. The minimum Gasteiger partial charge on any atom is -0.273 e. The highest BCUT2D eigenvalue weighted by molar-refractivity contribution is 8.15. The monoisotopic (exact) mass is 375 g/mol. The summed E-state index contributed by atoms with van der Waals surface area (Å²) in [5.41, 5.74) is 2.75. The van der Waals surface area contributed by atoms with Crippen LogP contribution in [0.4, 0.5) is 5.69 Å². The lowest BCUT2D eigenvalue weighted by Crippen LogP contribution is -2.31. The molecule has 1 saturated heterocycles. The first-order valence-electron chi connectivity index (χ1n) is 9.62. The van der Waals surface area contributed by atoms with Gasteiger partial charge in [0.2, 0.25) is 5.91 Å². The largest absolute Gasteiger partial charge is 0.273 e. The van der Waals surface area contributed by atoms with Crippen LogP contribution in [-0.2, 0) is 4.79 Å². The first-order valence-corrected chi connectivity index (χ1v) is 10.6. The van der Waals surface area contributed by atoms with Crippen LogP contribution >= 0.6 is 11.8 Å². The normalized spacial score (nSPS) is 20.2. The van der Waals surface area contributed by atoms with E-state index in [9.17, 15) is 4.79 Å². The molecule has 1 aliphatic heterocycles. The predicted octanol–water partition coefficient (Wildman–Crippen LogP) is 5.16. The Morgan fingerprint density at radius 3 is 2.22 bits per heavy atom. The maximum atomic E-state index is 12.9. The van der Waals surface area contributed by atoms with Gasteiger partial charge in [0.25, 0.3) is 0 Å². The highest BCUT2D eigenvalue weighted by Crippen LogP contribution is 2.38. The number of hydrogen-bond acceptors (Lipinski definition) is 4. The number of carbonyl (C=O) groups is 1. The van der Waals surface area contributed by atoms with Crippen molar-refractivity contribution >= 4 is 50.3 Å². The molecule has 1 amide bonds. The average Bonchev–Trinajstić information content (AvgIpc) is 3.06. The van der Waals surface area contributed by atoms with E-state index in [0.29, 0.717) is 11.8 Å². The fraction of sp³-hybridized carbons (Fsp3) is 0.318. The Morgan fingerprint density at radius 2 is 1.56 bits per heavy atom. The number of thioether (sulfide) groups is 1. The van der Waals surface area contributed by atoms with Crippen molar-refractivity contribution in [3.05, 3.63) is 48.5 Å². The van der Waals surface area contributed by atoms with Crippen molar-refractivity contribution in [3.63, 3.8) is 0 Å². The molecule has 0 bridgehead atoms. The molecular weight excluding hydrogens is 354 g/mol. The van der Waals surface area contributed by atoms with Crippen LogP contribution < -0.4 is 4.90 Å². The predicted molar refractivity (Wildman–Crippen MR) is 114 cm³/mol. The number of hydrogen-bond donors (Lipinski definition) is 0. The molecule has 0 radical (unpaired) electrons. The number of aromatic nitrogens is 1. The lowest BCUT2D eigenvalue weighted by Gasteiger charge is -2.23. The standard InChI is InChI=1S/C22H21N3OS/c26-20-14-27-22(23-15-8-2-1-3-9-15)25(20)21-16-10-4-6-12-18(16)24-19-13-7-5-11-17(19)21/h4-7,10-13,15H,1-3,8-9,14H2. The first-order chi connectivity index (χ1) is 13.3. The number of anilines is 1. The quantitative estimate of drug-likeness (QED) is 0.582. The second-order valence-corrected chi connectivity index (χ2v) is 8.16. The molecule has 0 atom stereocenters. The summed E-state index contributed by atoms with van der Waals surface area (Å²) in [6.07, 6.45) is 6.03. The number of fused-ring (bicyclic) bond motifs is 2. The Kier molecular flexibility index (Phi) is 4.32. The van der Waals surface area contributed by atoms with Crippen LogP contribution in [0.1, 0.15) is 32.1 Å². The average molecular weight is 375 g/mol. The minimum absolute atomic E-state index is 0.107. The van der Waals surface area contributed by atoms with Crippen LogP contribution in [0.15, 0.2) is 53.5 Å². The zero-order valence-corrected chi connectivity index (χ0v) is 15.9. The van der Waals surface area contributed by atoms with E-state index in [-0.39, 0.29) is 5.91 Å². The van der Waals surface area contributed by atoms with E-state index in [1.807, 2.05) is 41.3 Å². The number of rotatable bonds is 2. The number of carbonyl (C=O) groups excluding carboxylic acids is 1. The van der Waals surface area contributed by atoms with Gasteiger partial charge in [0.15, 0.2) is 5.17 Å². The van der Waals surface area contributed by atoms with Crippen LogP contribution in [0.2, 0.25) is 0 Å². The Hall–Kier alpha value is -2.40. The highest BCUT2D eigenvalue weighted by atomic mass is 32.2. The number of nitrogens with zero attached hydrogens (tertiary/aromatic N) is 3. The number of pyridine rings is 1. The van der Waals surface area contributed by atoms with E-state index in [1.165, 1.54) is 19.3 Å². The molecule has 1 saturated carbocycles. The Balaban J connectivity index is 1.72. The van der Waals surface area contributed by atoms with Crippen LogP contribution in [0.3, 0.4) is 0 Å². The number of amidine groups is 1. The number of benzene rings is 2. The SMILES string of the molecule is O=C1CSC(=NC2CCCCC2)N1c1c2ccccc2nc2ccccc12. The maximum absolute atomic E-state index is 12.9. The molecule has 1 aromatic heterocycles. The van der Waals surface area contributed by atoms with Gasteiger partial charge in [-0.15, -0.1) is 0 Å². The van der Waals surface area contributed by atoms with Crippen molar-refractivity contribution in [2.45, 2.75) is 38.1 Å². The summed E-state index contributed by atoms with van der Waals surface area (Å²) < 4.78 is 0. The third-order valence-corrected chi connectivity index (χ3v) is 6.35. The smallest absolute Gasteiger partial charge is 0.243 e. The van der Waals surface area contributed by atoms with E-state index in [2.05, 4.69) is 12.1 Å². The second kappa shape index (κ2) is 6.97. The van der Waals surface area contributed by atoms with E-state index in [4.69, 9.17) is 9.98 Å². The van der Waals surface area contributed by atoms with E-state index < -0.39 is 0 Å². The van der Waals surface area contributed by atoms with Gasteiger partial charge in [-0.05, 0) is 25.0 Å². The molecule has 4 nitrogen and oxygen atoms in total. The van der Waals surface area contributed by atoms with Gasteiger partial charge < -0.3 is 0 Å². The van der Waals surface area contributed by atoms with Crippen molar-refractivity contribution in [1.82, 2.24) is 4.98 Å². The molecule has 3 aromatic rings. The van der Waals surface area contributed by atoms with Gasteiger partial charge >= 0.3 is 0 Å². The summed E-state index contributed by atoms with van der Waals surface area (Å²) >= 11 is 1.57. The van der Waals surface area contributed by atoms with Crippen molar-refractivity contribution in [3.8, 4) is 0 Å². The van der Waals surface area contributed by atoms with Crippen LogP contribution in [-0.4, -0.2) is 27.9 Å². The van der Waals surface area contributed by atoms with Crippen LogP contribution in [0, 0.1) is 0 Å². The molecule has 2 heterocycles. The summed E-state index contributed by atoms with van der Waals surface area (Å²) in [5.74, 6) is 0.562. The summed E-state index contributed by atoms with van der Waals surface area (Å²) in [7, 11) is 0. The van der Waals surface area contributed by atoms with Crippen molar-refractivity contribution in [2.24, 2.45) is 4.99 Å². The van der Waals surface area contributed by atoms with Gasteiger partial charge in [-0.1, -0.05) is 67.4 Å². The van der Waals surface area contributed by atoms with Crippen molar-refractivity contribution in [1.29, 1.82) is 0 Å². The van der Waals surface area contributed by atoms with Gasteiger partial charge in [-0.3, -0.25) is 14.7 Å². The van der Waals surface area contributed by atoms with E-state index >= 15 is 0 Å². The van der Waals surface area contributed by atoms with Crippen molar-refractivity contribution < 1.29 is 4.79 Å². The van der Waals surface area contributed by atoms with E-state index in [1.54, 1.807) is 11.8 Å². The molecule has 0 spiro atoms. The topological polar surface area (TPSA) is 45.6 Å². The van der Waals surface area contributed by atoms with Gasteiger partial charge in [0, 0.05) is 10.8 Å². The van der Waals surface area contributed by atoms with E-state index in [0.717, 1.165) is 45.5 Å². The Morgan fingerprint density at radius 1 is 0.926 bits per heavy atom. The zero-order chi connectivity index (χ0) is 18.2. The molecule has 5 rings (SSSR count). The van der Waals surface area contributed by atoms with Gasteiger partial charge in [0.1, 0.15) is 0 Å². The number of aliphatic imine (C=N–C) groups is 1. The minimum atomic E-state index is 0.107.